The summed E-state index contributed by atoms with van der Waals surface area (Å²) in [7, 11) is 0. The molecule has 2 nitrogen and oxygen atoms in total. The molecule has 3 aliphatic rings. The quantitative estimate of drug-likeness (QED) is 0.757. The van der Waals surface area contributed by atoms with Gasteiger partial charge >= 0.3 is 0 Å². The van der Waals surface area contributed by atoms with Gasteiger partial charge in [0.25, 0.3) is 0 Å². The molecule has 2 heteroatoms. The second-order valence-corrected chi connectivity index (χ2v) is 7.79. The van der Waals surface area contributed by atoms with Gasteiger partial charge in [0, 0.05) is 0 Å². The molecule has 1 aromatic carbocycles. The number of aliphatic hydroxyl groups excluding tert-OH is 1. The number of rotatable bonds is 0. The maximum absolute atomic E-state index is 10.6. The Morgan fingerprint density at radius 1 is 1.14 bits per heavy atom. The van der Waals surface area contributed by atoms with Gasteiger partial charge in [-0.15, -0.1) is 0 Å². The van der Waals surface area contributed by atoms with E-state index in [2.05, 4.69) is 13.0 Å². The molecular formula is C19H26O2. The number of benzene rings is 1. The maximum atomic E-state index is 10.6. The highest BCUT2D eigenvalue weighted by Gasteiger charge is 2.52. The minimum absolute atomic E-state index is 0.0987. The number of hydrogen-bond acceptors (Lipinski definition) is 2. The molecule has 0 saturated heterocycles. The second kappa shape index (κ2) is 4.74. The number of phenols is 1. The monoisotopic (exact) mass is 286 g/mol. The summed E-state index contributed by atoms with van der Waals surface area (Å²) in [5, 5.41) is 20.3. The van der Waals surface area contributed by atoms with E-state index in [1.807, 2.05) is 12.1 Å². The van der Waals surface area contributed by atoms with Crippen molar-refractivity contribution in [2.75, 3.05) is 0 Å². The molecular weight excluding hydrogens is 260 g/mol. The summed E-state index contributed by atoms with van der Waals surface area (Å²) >= 11 is 0. The summed E-state index contributed by atoms with van der Waals surface area (Å²) < 4.78 is 0. The van der Waals surface area contributed by atoms with Crippen LogP contribution in [-0.4, -0.2) is 16.3 Å². The van der Waals surface area contributed by atoms with Gasteiger partial charge in [-0.05, 0) is 85.0 Å². The molecule has 2 saturated carbocycles. The number of fused-ring (bicyclic) bond motifs is 5. The zero-order valence-corrected chi connectivity index (χ0v) is 12.9. The number of aryl methyl sites for hydroxylation is 1. The first kappa shape index (κ1) is 13.6. The molecule has 0 aliphatic heterocycles. The van der Waals surface area contributed by atoms with Crippen LogP contribution >= 0.6 is 0 Å². The Kier molecular flexibility index (Phi) is 3.08. The van der Waals surface area contributed by atoms with Crippen LogP contribution < -0.4 is 0 Å². The van der Waals surface area contributed by atoms with E-state index in [0.29, 0.717) is 17.6 Å². The molecule has 0 amide bonds. The Hall–Kier alpha value is -1.02. The first-order valence-corrected chi connectivity index (χ1v) is 8.59. The van der Waals surface area contributed by atoms with Gasteiger partial charge in [0.15, 0.2) is 0 Å². The highest BCUT2D eigenvalue weighted by atomic mass is 16.3. The number of aromatic hydroxyl groups is 1. The van der Waals surface area contributed by atoms with Crippen LogP contribution in [0.2, 0.25) is 0 Å². The molecule has 21 heavy (non-hydrogen) atoms. The van der Waals surface area contributed by atoms with Gasteiger partial charge in [0.2, 0.25) is 0 Å². The molecule has 0 heterocycles. The van der Waals surface area contributed by atoms with Crippen molar-refractivity contribution in [3.8, 4) is 5.75 Å². The molecule has 4 rings (SSSR count). The largest absolute Gasteiger partial charge is 0.508 e. The summed E-state index contributed by atoms with van der Waals surface area (Å²) in [6.07, 6.45) is 8.05. The van der Waals surface area contributed by atoms with Crippen molar-refractivity contribution < 1.29 is 10.2 Å². The lowest BCUT2D eigenvalue weighted by Gasteiger charge is -2.56. The van der Waals surface area contributed by atoms with E-state index >= 15 is 0 Å². The predicted octanol–water partition coefficient (Wildman–Crippen LogP) is 4.00. The van der Waals surface area contributed by atoms with E-state index in [-0.39, 0.29) is 11.5 Å². The van der Waals surface area contributed by atoms with E-state index in [4.69, 9.17) is 0 Å². The molecule has 2 fully saturated rings. The molecule has 0 radical (unpaired) electrons. The van der Waals surface area contributed by atoms with Crippen LogP contribution in [0.3, 0.4) is 0 Å². The van der Waals surface area contributed by atoms with Crippen molar-refractivity contribution in [1.29, 1.82) is 0 Å². The van der Waals surface area contributed by atoms with Gasteiger partial charge < -0.3 is 10.2 Å². The van der Waals surface area contributed by atoms with Gasteiger partial charge in [0.05, 0.1) is 6.10 Å². The lowest BCUT2D eigenvalue weighted by molar-refractivity contribution is -0.0976. The van der Waals surface area contributed by atoms with Crippen molar-refractivity contribution in [1.82, 2.24) is 0 Å². The summed E-state index contributed by atoms with van der Waals surface area (Å²) in [5.41, 5.74) is 2.98. The molecule has 0 bridgehead atoms. The Morgan fingerprint density at radius 2 is 2.00 bits per heavy atom. The first-order chi connectivity index (χ1) is 10.1. The Labute approximate surface area is 127 Å². The van der Waals surface area contributed by atoms with Crippen molar-refractivity contribution in [3.05, 3.63) is 29.3 Å². The number of hydrogen-bond donors (Lipinski definition) is 2. The van der Waals surface area contributed by atoms with E-state index in [1.54, 1.807) is 0 Å². The van der Waals surface area contributed by atoms with Gasteiger partial charge in [-0.2, -0.15) is 0 Å². The highest BCUT2D eigenvalue weighted by Crippen LogP contribution is 2.59. The van der Waals surface area contributed by atoms with Crippen LogP contribution in [0.25, 0.3) is 0 Å². The van der Waals surface area contributed by atoms with Crippen LogP contribution in [0.1, 0.15) is 62.5 Å². The molecule has 0 spiro atoms. The van der Waals surface area contributed by atoms with Gasteiger partial charge in [-0.25, -0.2) is 0 Å². The molecule has 114 valence electrons. The van der Waals surface area contributed by atoms with E-state index in [1.165, 1.54) is 36.8 Å². The van der Waals surface area contributed by atoms with Crippen molar-refractivity contribution >= 4 is 0 Å². The number of aliphatic hydroxyl groups is 1. The third-order valence-corrected chi connectivity index (χ3v) is 6.90. The van der Waals surface area contributed by atoms with Crippen molar-refractivity contribution in [3.63, 3.8) is 0 Å². The Morgan fingerprint density at radius 3 is 2.86 bits per heavy atom. The van der Waals surface area contributed by atoms with Gasteiger partial charge in [-0.3, -0.25) is 0 Å². The minimum atomic E-state index is -0.0987. The molecule has 0 unspecified atom stereocenters. The van der Waals surface area contributed by atoms with Crippen LogP contribution in [0.15, 0.2) is 18.2 Å². The average Bonchev–Trinajstić information content (AvgIpc) is 2.48. The second-order valence-electron chi connectivity index (χ2n) is 7.79. The SMILES string of the molecule is C[C@]12CC[C@@H]3c4ccc(O)cc4CC[C@H]3[C@@H]1CCC[C@@H]2O. The average molecular weight is 286 g/mol. The Bertz CT molecular complexity index is 552. The van der Waals surface area contributed by atoms with Crippen molar-refractivity contribution in [2.45, 2.75) is 63.9 Å². The lowest BCUT2D eigenvalue weighted by atomic mass is 9.50. The van der Waals surface area contributed by atoms with Crippen LogP contribution in [0, 0.1) is 17.3 Å². The lowest BCUT2D eigenvalue weighted by Crippen LogP contribution is -2.51. The fourth-order valence-electron chi connectivity index (χ4n) is 5.73. The van der Waals surface area contributed by atoms with Crippen LogP contribution in [0.5, 0.6) is 5.75 Å². The fourth-order valence-corrected chi connectivity index (χ4v) is 5.73. The molecule has 3 aliphatic carbocycles. The molecule has 2 N–H and O–H groups in total. The standard InChI is InChI=1S/C19H26O2/c1-19-10-9-15-14-8-6-13(20)11-12(14)5-7-16(15)17(19)3-2-4-18(19)21/h6,8,11,15-18,20-21H,2-5,7,9-10H2,1H3/t15-,16-,17+,18+,19+/m1/s1. The summed E-state index contributed by atoms with van der Waals surface area (Å²) in [4.78, 5) is 0. The zero-order chi connectivity index (χ0) is 14.6. The smallest absolute Gasteiger partial charge is 0.115 e. The molecule has 5 atom stereocenters. The third kappa shape index (κ3) is 1.95. The van der Waals surface area contributed by atoms with Crippen LogP contribution in [0.4, 0.5) is 0 Å². The third-order valence-electron chi connectivity index (χ3n) is 6.90. The van der Waals surface area contributed by atoms with E-state index in [0.717, 1.165) is 25.2 Å². The summed E-state index contributed by atoms with van der Waals surface area (Å²) in [6.45, 7) is 2.34. The zero-order valence-electron chi connectivity index (χ0n) is 12.9. The van der Waals surface area contributed by atoms with Gasteiger partial charge in [-0.1, -0.05) is 19.4 Å². The molecule has 1 aromatic rings. The summed E-state index contributed by atoms with van der Waals surface area (Å²) in [6, 6.07) is 5.98. The topological polar surface area (TPSA) is 40.5 Å². The summed E-state index contributed by atoms with van der Waals surface area (Å²) in [5.74, 6) is 2.47. The van der Waals surface area contributed by atoms with Crippen molar-refractivity contribution in [2.24, 2.45) is 17.3 Å². The number of phenolic OH excluding ortho intramolecular Hbond substituents is 1. The van der Waals surface area contributed by atoms with Gasteiger partial charge in [0.1, 0.15) is 5.75 Å². The first-order valence-electron chi connectivity index (χ1n) is 8.59. The van der Waals surface area contributed by atoms with E-state index < -0.39 is 0 Å². The minimum Gasteiger partial charge on any atom is -0.508 e. The van der Waals surface area contributed by atoms with E-state index in [9.17, 15) is 10.2 Å². The van der Waals surface area contributed by atoms with Crippen LogP contribution in [-0.2, 0) is 6.42 Å². The highest BCUT2D eigenvalue weighted by molar-refractivity contribution is 5.40. The normalized spacial score (nSPS) is 41.8. The molecule has 0 aromatic heterocycles. The maximum Gasteiger partial charge on any atom is 0.115 e. The fraction of sp³-hybridized carbons (Fsp3) is 0.684. The predicted molar refractivity (Wildman–Crippen MR) is 83.3 cm³/mol. The Balaban J connectivity index is 1.70.